The Balaban J connectivity index is 0.000000225. The number of aromatic nitrogens is 2. The van der Waals surface area contributed by atoms with E-state index < -0.39 is 22.8 Å². The van der Waals surface area contributed by atoms with Crippen molar-refractivity contribution in [2.24, 2.45) is 0 Å². The predicted molar refractivity (Wildman–Crippen MR) is 128 cm³/mol. The van der Waals surface area contributed by atoms with Gasteiger partial charge in [-0.3, -0.25) is 4.79 Å². The van der Waals surface area contributed by atoms with Crippen LogP contribution in [0.4, 0.5) is 24.7 Å². The highest BCUT2D eigenvalue weighted by atomic mass is 35.5. The lowest BCUT2D eigenvalue weighted by atomic mass is 10.1. The second-order valence-corrected chi connectivity index (χ2v) is 7.90. The molecule has 2 heterocycles. The van der Waals surface area contributed by atoms with Crippen LogP contribution >= 0.6 is 11.6 Å². The third-order valence-electron chi connectivity index (χ3n) is 5.40. The molecule has 1 N–H and O–H groups in total. The number of nitrogens with one attached hydrogen (secondary N) is 1. The number of anilines is 2. The number of halogens is 4. The number of carbonyl (C=O) groups excluding carboxylic acids is 1. The van der Waals surface area contributed by atoms with Crippen LogP contribution < -0.4 is 10.1 Å². The molecule has 1 aliphatic rings. The highest BCUT2D eigenvalue weighted by Gasteiger charge is 2.30. The van der Waals surface area contributed by atoms with E-state index in [1.807, 2.05) is 0 Å². The van der Waals surface area contributed by atoms with E-state index in [0.717, 1.165) is 6.07 Å². The van der Waals surface area contributed by atoms with Gasteiger partial charge in [0.1, 0.15) is 34.9 Å². The van der Waals surface area contributed by atoms with Gasteiger partial charge in [0.2, 0.25) is 5.91 Å². The van der Waals surface area contributed by atoms with Gasteiger partial charge in [0.25, 0.3) is 0 Å². The average Bonchev–Trinajstić information content (AvgIpc) is 2.88. The van der Waals surface area contributed by atoms with Crippen LogP contribution in [-0.2, 0) is 9.53 Å². The molecule has 0 bridgehead atoms. The van der Waals surface area contributed by atoms with E-state index in [-0.39, 0.29) is 24.2 Å². The molecule has 0 aliphatic carbocycles. The summed E-state index contributed by atoms with van der Waals surface area (Å²) in [5.41, 5.74) is 0.660. The third kappa shape index (κ3) is 6.20. The minimum absolute atomic E-state index is 0.0298. The van der Waals surface area contributed by atoms with E-state index >= 15 is 0 Å². The number of likely N-dealkylation sites (tertiary alicyclic amines) is 1. The summed E-state index contributed by atoms with van der Waals surface area (Å²) < 4.78 is 50.5. The van der Waals surface area contributed by atoms with Gasteiger partial charge in [-0.2, -0.15) is 0 Å². The van der Waals surface area contributed by atoms with Crippen molar-refractivity contribution in [3.05, 3.63) is 66.0 Å². The van der Waals surface area contributed by atoms with Crippen LogP contribution in [0.5, 0.6) is 5.75 Å². The number of nitrogens with zero attached hydrogens (tertiary/aromatic N) is 3. The lowest BCUT2D eigenvalue weighted by Gasteiger charge is -2.33. The number of carbonyl (C=O) groups is 1. The maximum absolute atomic E-state index is 14.0. The Kier molecular flexibility index (Phi) is 8.89. The quantitative estimate of drug-likeness (QED) is 0.383. The fraction of sp³-hybridized carbons (Fsp3) is 0.292. The molecule has 2 aromatic carbocycles. The van der Waals surface area contributed by atoms with Crippen LogP contribution in [0.1, 0.15) is 6.42 Å². The first-order valence-electron chi connectivity index (χ1n) is 10.6. The van der Waals surface area contributed by atoms with Crippen LogP contribution in [0.15, 0.2) is 49.3 Å². The van der Waals surface area contributed by atoms with E-state index in [1.165, 1.54) is 30.5 Å². The molecule has 0 radical (unpaired) electrons. The van der Waals surface area contributed by atoms with E-state index in [9.17, 15) is 18.0 Å². The SMILES string of the molecule is C=CC(=O)N1CCC(OC)C(F)C1.COc1ccc2c(Nc3ccc(F)c(Cl)c3F)ncnc2c1. The van der Waals surface area contributed by atoms with Crippen LogP contribution in [0.25, 0.3) is 10.9 Å². The molecule has 3 aromatic rings. The Morgan fingerprint density at radius 2 is 2.03 bits per heavy atom. The van der Waals surface area contributed by atoms with Crippen LogP contribution in [0.3, 0.4) is 0 Å². The summed E-state index contributed by atoms with van der Waals surface area (Å²) in [5, 5.41) is 2.91. The minimum atomic E-state index is -1.08. The number of ether oxygens (including phenoxy) is 2. The number of amides is 1. The summed E-state index contributed by atoms with van der Waals surface area (Å²) in [6.07, 6.45) is 1.65. The lowest BCUT2D eigenvalue weighted by molar-refractivity contribution is -0.130. The monoisotopic (exact) mass is 508 g/mol. The molecule has 1 aromatic heterocycles. The Morgan fingerprint density at radius 1 is 1.26 bits per heavy atom. The summed E-state index contributed by atoms with van der Waals surface area (Å²) in [7, 11) is 3.04. The maximum Gasteiger partial charge on any atom is 0.246 e. The predicted octanol–water partition coefficient (Wildman–Crippen LogP) is 5.07. The Bertz CT molecular complexity index is 1210. The molecule has 1 amide bonds. The minimum Gasteiger partial charge on any atom is -0.497 e. The van der Waals surface area contributed by atoms with Gasteiger partial charge in [0, 0.05) is 25.1 Å². The van der Waals surface area contributed by atoms with Crippen LogP contribution in [0.2, 0.25) is 5.02 Å². The fourth-order valence-corrected chi connectivity index (χ4v) is 3.66. The first-order chi connectivity index (χ1) is 16.8. The topological polar surface area (TPSA) is 76.6 Å². The van der Waals surface area contributed by atoms with Gasteiger partial charge < -0.3 is 19.7 Å². The molecular weight excluding hydrogens is 485 g/mol. The average molecular weight is 509 g/mol. The molecule has 11 heteroatoms. The second-order valence-electron chi connectivity index (χ2n) is 7.52. The van der Waals surface area contributed by atoms with Crippen molar-refractivity contribution < 1.29 is 27.4 Å². The number of piperidine rings is 1. The zero-order valence-corrected chi connectivity index (χ0v) is 19.9. The van der Waals surface area contributed by atoms with Crippen molar-refractivity contribution in [3.63, 3.8) is 0 Å². The highest BCUT2D eigenvalue weighted by Crippen LogP contribution is 2.30. The molecular formula is C24H24ClF3N4O3. The molecule has 1 fully saturated rings. The third-order valence-corrected chi connectivity index (χ3v) is 5.75. The molecule has 1 saturated heterocycles. The molecule has 186 valence electrons. The van der Waals surface area contributed by atoms with Gasteiger partial charge in [-0.15, -0.1) is 0 Å². The van der Waals surface area contributed by atoms with Gasteiger partial charge in [-0.25, -0.2) is 23.1 Å². The Labute approximate surface area is 205 Å². The van der Waals surface area contributed by atoms with Gasteiger partial charge in [-0.05, 0) is 36.8 Å². The number of hydrogen-bond acceptors (Lipinski definition) is 6. The molecule has 0 saturated carbocycles. The second kappa shape index (κ2) is 11.9. The summed E-state index contributed by atoms with van der Waals surface area (Å²) in [5.74, 6) is -0.872. The zero-order valence-electron chi connectivity index (χ0n) is 19.1. The number of methoxy groups -OCH3 is 2. The first kappa shape index (κ1) is 26.2. The summed E-state index contributed by atoms with van der Waals surface area (Å²) in [4.78, 5) is 20.8. The lowest BCUT2D eigenvalue weighted by Crippen LogP contribution is -2.47. The summed E-state index contributed by atoms with van der Waals surface area (Å²) >= 11 is 5.57. The Hall–Kier alpha value is -3.37. The molecule has 0 spiro atoms. The number of rotatable bonds is 5. The zero-order chi connectivity index (χ0) is 25.5. The van der Waals surface area contributed by atoms with Crippen molar-refractivity contribution in [1.82, 2.24) is 14.9 Å². The smallest absolute Gasteiger partial charge is 0.246 e. The maximum atomic E-state index is 14.0. The van der Waals surface area contributed by atoms with Crippen LogP contribution in [0, 0.1) is 11.6 Å². The molecule has 7 nitrogen and oxygen atoms in total. The highest BCUT2D eigenvalue weighted by molar-refractivity contribution is 6.31. The number of benzene rings is 2. The van der Waals surface area contributed by atoms with Crippen LogP contribution in [-0.4, -0.2) is 60.4 Å². The Morgan fingerprint density at radius 3 is 2.69 bits per heavy atom. The molecule has 1 aliphatic heterocycles. The normalized spacial score (nSPS) is 17.4. The van der Waals surface area contributed by atoms with Gasteiger partial charge in [0.05, 0.1) is 31.0 Å². The first-order valence-corrected chi connectivity index (χ1v) is 10.9. The van der Waals surface area contributed by atoms with E-state index in [2.05, 4.69) is 21.9 Å². The largest absolute Gasteiger partial charge is 0.497 e. The summed E-state index contributed by atoms with van der Waals surface area (Å²) in [6, 6.07) is 7.56. The van der Waals surface area contributed by atoms with Crippen molar-refractivity contribution >= 4 is 39.9 Å². The van der Waals surface area contributed by atoms with E-state index in [0.29, 0.717) is 35.4 Å². The number of alkyl halides is 1. The molecule has 2 atom stereocenters. The van der Waals surface area contributed by atoms with Crippen molar-refractivity contribution in [1.29, 1.82) is 0 Å². The van der Waals surface area contributed by atoms with Crippen molar-refractivity contribution in [2.45, 2.75) is 18.7 Å². The standard InChI is InChI=1S/C15H10ClF2N3O.C9H14FNO2/c1-22-8-2-3-9-12(6-8)19-7-20-15(9)21-11-5-4-10(17)13(16)14(11)18;1-3-9(12)11-5-4-8(13-2)7(10)6-11/h2-7H,1H3,(H,19,20,21);3,7-8H,1,4-6H2,2H3. The summed E-state index contributed by atoms with van der Waals surface area (Å²) in [6.45, 7) is 4.01. The molecule has 2 unspecified atom stereocenters. The number of fused-ring (bicyclic) bond motifs is 1. The van der Waals surface area contributed by atoms with E-state index in [4.69, 9.17) is 21.1 Å². The number of hydrogen-bond donors (Lipinski definition) is 1. The van der Waals surface area contributed by atoms with Gasteiger partial charge >= 0.3 is 0 Å². The van der Waals surface area contributed by atoms with Crippen molar-refractivity contribution in [3.8, 4) is 5.75 Å². The molecule has 4 rings (SSSR count). The van der Waals surface area contributed by atoms with Gasteiger partial charge in [-0.1, -0.05) is 18.2 Å². The fourth-order valence-electron chi connectivity index (χ4n) is 3.49. The van der Waals surface area contributed by atoms with Gasteiger partial charge in [0.15, 0.2) is 5.82 Å². The molecule has 35 heavy (non-hydrogen) atoms. The van der Waals surface area contributed by atoms with E-state index in [1.54, 1.807) is 25.3 Å². The van der Waals surface area contributed by atoms with Crippen molar-refractivity contribution in [2.75, 3.05) is 32.6 Å².